The molecule has 0 aliphatic carbocycles. The van der Waals surface area contributed by atoms with Gasteiger partial charge >= 0.3 is 11.9 Å². The predicted octanol–water partition coefficient (Wildman–Crippen LogP) is 0.0409. The Balaban J connectivity index is 1.91. The molecular formula is C15H14BrN5O6. The summed E-state index contributed by atoms with van der Waals surface area (Å²) < 4.78 is 5.58. The fourth-order valence-corrected chi connectivity index (χ4v) is 2.82. The van der Waals surface area contributed by atoms with Crippen LogP contribution in [0.15, 0.2) is 27.8 Å². The molecule has 5 N–H and O–H groups in total. The number of aliphatic carboxylic acids is 2. The zero-order valence-corrected chi connectivity index (χ0v) is 15.2. The maximum Gasteiger partial charge on any atom is 0.348 e. The number of aliphatic imine (C=N–C) groups is 1. The number of aromatic nitrogens is 2. The molecule has 0 spiro atoms. The lowest BCUT2D eigenvalue weighted by Gasteiger charge is -2.17. The Hall–Kier alpha value is -2.99. The van der Waals surface area contributed by atoms with Gasteiger partial charge < -0.3 is 30.7 Å². The summed E-state index contributed by atoms with van der Waals surface area (Å²) in [6, 6.07) is 3.45. The van der Waals surface area contributed by atoms with E-state index in [1.807, 2.05) is 0 Å². The van der Waals surface area contributed by atoms with Crippen molar-refractivity contribution in [2.24, 2.45) is 4.99 Å². The number of carboxylic acid groups (broad SMARTS) is 2. The molecule has 12 heteroatoms. The highest BCUT2D eigenvalue weighted by molar-refractivity contribution is 9.10. The number of aliphatic hydroxyl groups is 1. The summed E-state index contributed by atoms with van der Waals surface area (Å²) in [5.74, 6) is -3.02. The predicted molar refractivity (Wildman–Crippen MR) is 96.9 cm³/mol. The van der Waals surface area contributed by atoms with Crippen molar-refractivity contribution in [3.05, 3.63) is 22.8 Å². The number of aliphatic hydroxyl groups excluding tert-OH is 1. The molecule has 1 aromatic heterocycles. The van der Waals surface area contributed by atoms with Gasteiger partial charge in [-0.1, -0.05) is 0 Å². The van der Waals surface area contributed by atoms with Crippen molar-refractivity contribution in [2.45, 2.75) is 12.2 Å². The van der Waals surface area contributed by atoms with Crippen LogP contribution in [0.25, 0.3) is 11.0 Å². The van der Waals surface area contributed by atoms with Crippen LogP contribution in [0.3, 0.4) is 0 Å². The van der Waals surface area contributed by atoms with Gasteiger partial charge in [-0.05, 0) is 28.1 Å². The molecule has 0 saturated carbocycles. The monoisotopic (exact) mass is 439 g/mol. The largest absolute Gasteiger partial charge is 0.479 e. The Kier molecular flexibility index (Phi) is 5.37. The summed E-state index contributed by atoms with van der Waals surface area (Å²) in [5.41, 5.74) is 1.49. The number of rotatable bonds is 6. The molecule has 0 saturated heterocycles. The van der Waals surface area contributed by atoms with Gasteiger partial charge in [0.05, 0.1) is 28.4 Å². The standard InChI is InChI=1S/C15H14BrN5O6/c16-9-6(20-15-17-3-4-18-15)1-2-7-10(9)21-8(5-19-7)27-12(14(25)26)11(22)13(23)24/h1-2,5,11-12,22H,3-4H2,(H,23,24)(H,25,26)(H2,17,18,20). The number of nitrogens with one attached hydrogen (secondary N) is 2. The Morgan fingerprint density at radius 3 is 2.70 bits per heavy atom. The number of nitrogens with zero attached hydrogens (tertiary/aromatic N) is 3. The Labute approximate surface area is 160 Å². The number of benzene rings is 1. The minimum atomic E-state index is -2.26. The summed E-state index contributed by atoms with van der Waals surface area (Å²) in [7, 11) is 0. The average Bonchev–Trinajstić information content (AvgIpc) is 3.14. The van der Waals surface area contributed by atoms with E-state index in [1.165, 1.54) is 0 Å². The van der Waals surface area contributed by atoms with Crippen LogP contribution < -0.4 is 15.4 Å². The quantitative estimate of drug-likeness (QED) is 0.414. The lowest BCUT2D eigenvalue weighted by molar-refractivity contribution is -0.163. The molecule has 0 bridgehead atoms. The molecule has 11 nitrogen and oxygen atoms in total. The second-order valence-corrected chi connectivity index (χ2v) is 6.24. The number of halogens is 1. The molecule has 2 unspecified atom stereocenters. The molecule has 1 aliphatic rings. The minimum absolute atomic E-state index is 0.246. The third-order valence-electron chi connectivity index (χ3n) is 3.59. The number of carboxylic acids is 2. The van der Waals surface area contributed by atoms with E-state index in [0.29, 0.717) is 33.7 Å². The van der Waals surface area contributed by atoms with Crippen LogP contribution >= 0.6 is 15.9 Å². The third-order valence-corrected chi connectivity index (χ3v) is 4.39. The fraction of sp³-hybridized carbons (Fsp3) is 0.267. The highest BCUT2D eigenvalue weighted by atomic mass is 79.9. The molecule has 0 radical (unpaired) electrons. The lowest BCUT2D eigenvalue weighted by atomic mass is 10.2. The van der Waals surface area contributed by atoms with E-state index < -0.39 is 24.1 Å². The molecule has 2 heterocycles. The smallest absolute Gasteiger partial charge is 0.348 e. The number of ether oxygens (including phenoxy) is 1. The van der Waals surface area contributed by atoms with Gasteiger partial charge in [0.15, 0.2) is 12.1 Å². The molecule has 0 amide bonds. The number of guanidine groups is 1. The Bertz CT molecular complexity index is 936. The first-order valence-electron chi connectivity index (χ1n) is 7.67. The highest BCUT2D eigenvalue weighted by Crippen LogP contribution is 2.30. The van der Waals surface area contributed by atoms with Crippen molar-refractivity contribution in [3.8, 4) is 5.88 Å². The number of hydrogen-bond donors (Lipinski definition) is 5. The van der Waals surface area contributed by atoms with E-state index in [0.717, 1.165) is 12.7 Å². The average molecular weight is 440 g/mol. The maximum atomic E-state index is 11.2. The van der Waals surface area contributed by atoms with Gasteiger partial charge in [0, 0.05) is 6.54 Å². The SMILES string of the molecule is O=C(O)C(O)C(Oc1cnc2ccc(NC3=NCCN3)c(Br)c2n1)C(=O)O. The van der Waals surface area contributed by atoms with E-state index in [2.05, 4.69) is 41.5 Å². The van der Waals surface area contributed by atoms with Crippen molar-refractivity contribution in [3.63, 3.8) is 0 Å². The molecule has 2 aromatic rings. The summed E-state index contributed by atoms with van der Waals surface area (Å²) in [5, 5.41) is 33.5. The second-order valence-electron chi connectivity index (χ2n) is 5.44. The van der Waals surface area contributed by atoms with Crippen LogP contribution in [0, 0.1) is 0 Å². The summed E-state index contributed by atoms with van der Waals surface area (Å²) in [4.78, 5) is 34.6. The molecule has 1 aromatic carbocycles. The van der Waals surface area contributed by atoms with Gasteiger partial charge in [-0.2, -0.15) is 0 Å². The van der Waals surface area contributed by atoms with E-state index in [9.17, 15) is 14.7 Å². The zero-order valence-electron chi connectivity index (χ0n) is 13.6. The Morgan fingerprint density at radius 2 is 2.07 bits per heavy atom. The molecule has 0 fully saturated rings. The van der Waals surface area contributed by atoms with Crippen molar-refractivity contribution in [1.29, 1.82) is 0 Å². The number of carbonyl (C=O) groups is 2. The lowest BCUT2D eigenvalue weighted by Crippen LogP contribution is -2.44. The highest BCUT2D eigenvalue weighted by Gasteiger charge is 2.34. The molecule has 2 atom stereocenters. The molecule has 27 heavy (non-hydrogen) atoms. The van der Waals surface area contributed by atoms with E-state index in [-0.39, 0.29) is 5.88 Å². The summed E-state index contributed by atoms with van der Waals surface area (Å²) in [6.07, 6.45) is -3.15. The van der Waals surface area contributed by atoms with E-state index in [1.54, 1.807) is 12.1 Å². The van der Waals surface area contributed by atoms with Gasteiger partial charge in [0.1, 0.15) is 5.52 Å². The molecular weight excluding hydrogens is 426 g/mol. The topological polar surface area (TPSA) is 166 Å². The number of anilines is 1. The van der Waals surface area contributed by atoms with Gasteiger partial charge in [-0.3, -0.25) is 4.99 Å². The van der Waals surface area contributed by atoms with E-state index >= 15 is 0 Å². The summed E-state index contributed by atoms with van der Waals surface area (Å²) >= 11 is 3.41. The van der Waals surface area contributed by atoms with Crippen molar-refractivity contribution in [1.82, 2.24) is 15.3 Å². The van der Waals surface area contributed by atoms with Crippen LogP contribution in [0.1, 0.15) is 0 Å². The van der Waals surface area contributed by atoms with Gasteiger partial charge in [-0.25, -0.2) is 19.6 Å². The van der Waals surface area contributed by atoms with E-state index in [4.69, 9.17) is 14.9 Å². The maximum absolute atomic E-state index is 11.2. The normalized spacial score (nSPS) is 15.6. The molecule has 142 valence electrons. The van der Waals surface area contributed by atoms with Gasteiger partial charge in [0.2, 0.25) is 12.0 Å². The fourth-order valence-electron chi connectivity index (χ4n) is 2.30. The van der Waals surface area contributed by atoms with Gasteiger partial charge in [-0.15, -0.1) is 0 Å². The number of fused-ring (bicyclic) bond motifs is 1. The third kappa shape index (κ3) is 4.06. The first-order chi connectivity index (χ1) is 12.9. The first-order valence-corrected chi connectivity index (χ1v) is 8.47. The minimum Gasteiger partial charge on any atom is -0.479 e. The van der Waals surface area contributed by atoms with Crippen LogP contribution in [0.5, 0.6) is 5.88 Å². The van der Waals surface area contributed by atoms with Crippen molar-refractivity contribution >= 4 is 50.5 Å². The second kappa shape index (κ2) is 7.72. The van der Waals surface area contributed by atoms with Crippen LogP contribution in [0.2, 0.25) is 0 Å². The summed E-state index contributed by atoms with van der Waals surface area (Å²) in [6.45, 7) is 1.39. The van der Waals surface area contributed by atoms with Crippen LogP contribution in [-0.2, 0) is 9.59 Å². The molecule has 1 aliphatic heterocycles. The Morgan fingerprint density at radius 1 is 1.30 bits per heavy atom. The molecule has 3 rings (SSSR count). The van der Waals surface area contributed by atoms with Gasteiger partial charge in [0.25, 0.3) is 0 Å². The zero-order chi connectivity index (χ0) is 19.6. The number of hydrogen-bond acceptors (Lipinski definition) is 9. The van der Waals surface area contributed by atoms with Crippen LogP contribution in [-0.4, -0.2) is 68.5 Å². The van der Waals surface area contributed by atoms with Crippen LogP contribution in [0.4, 0.5) is 5.69 Å². The van der Waals surface area contributed by atoms with Crippen molar-refractivity contribution < 1.29 is 29.6 Å². The first kappa shape index (κ1) is 18.8. The van der Waals surface area contributed by atoms with Crippen molar-refractivity contribution in [2.75, 3.05) is 18.4 Å².